The number of fused-ring (bicyclic) bond motifs is 1. The van der Waals surface area contributed by atoms with Crippen molar-refractivity contribution in [3.8, 4) is 11.3 Å². The Morgan fingerprint density at radius 1 is 0.935 bits per heavy atom. The summed E-state index contributed by atoms with van der Waals surface area (Å²) in [4.78, 5) is 17.0. The topological polar surface area (TPSA) is 59.3 Å². The van der Waals surface area contributed by atoms with Crippen LogP contribution in [0.3, 0.4) is 0 Å². The molecule has 2 aromatic heterocycles. The largest absolute Gasteiger partial charge is 0.433 e. The monoisotopic (exact) mass is 424 g/mol. The Balaban J connectivity index is 1.79. The summed E-state index contributed by atoms with van der Waals surface area (Å²) < 4.78 is 41.9. The lowest BCUT2D eigenvalue weighted by molar-refractivity contribution is -0.142. The molecule has 0 spiro atoms. The molecule has 8 heteroatoms. The maximum Gasteiger partial charge on any atom is 0.433 e. The lowest BCUT2D eigenvalue weighted by Gasteiger charge is -2.11. The number of aryl methyl sites for hydroxylation is 3. The number of hydrogen-bond donors (Lipinski definition) is 1. The van der Waals surface area contributed by atoms with Gasteiger partial charge in [0.15, 0.2) is 17.0 Å². The number of carbonyl (C=O) groups is 1. The van der Waals surface area contributed by atoms with Gasteiger partial charge >= 0.3 is 6.18 Å². The van der Waals surface area contributed by atoms with Crippen LogP contribution in [0.4, 0.5) is 18.9 Å². The zero-order valence-corrected chi connectivity index (χ0v) is 17.1. The van der Waals surface area contributed by atoms with Gasteiger partial charge in [-0.1, -0.05) is 42.0 Å². The molecule has 5 nitrogen and oxygen atoms in total. The van der Waals surface area contributed by atoms with Crippen LogP contribution in [0, 0.1) is 20.8 Å². The number of halogens is 3. The normalized spacial score (nSPS) is 11.7. The van der Waals surface area contributed by atoms with E-state index in [0.29, 0.717) is 15.8 Å². The first-order chi connectivity index (χ1) is 14.6. The second-order valence-electron chi connectivity index (χ2n) is 7.46. The van der Waals surface area contributed by atoms with Crippen molar-refractivity contribution in [2.45, 2.75) is 26.9 Å². The Morgan fingerprint density at radius 3 is 2.29 bits per heavy atom. The first-order valence-corrected chi connectivity index (χ1v) is 9.55. The van der Waals surface area contributed by atoms with E-state index in [-0.39, 0.29) is 17.0 Å². The number of alkyl halides is 3. The van der Waals surface area contributed by atoms with E-state index in [1.807, 2.05) is 32.9 Å². The van der Waals surface area contributed by atoms with Gasteiger partial charge < -0.3 is 5.32 Å². The molecule has 0 saturated heterocycles. The highest BCUT2D eigenvalue weighted by molar-refractivity contribution is 6.04. The van der Waals surface area contributed by atoms with Crippen LogP contribution in [0.2, 0.25) is 0 Å². The van der Waals surface area contributed by atoms with Crippen LogP contribution in [-0.4, -0.2) is 20.5 Å². The van der Waals surface area contributed by atoms with Gasteiger partial charge in [-0.3, -0.25) is 4.79 Å². The zero-order valence-electron chi connectivity index (χ0n) is 17.1. The second kappa shape index (κ2) is 7.54. The molecule has 0 radical (unpaired) electrons. The summed E-state index contributed by atoms with van der Waals surface area (Å²) >= 11 is 0. The highest BCUT2D eigenvalue weighted by Gasteiger charge is 2.35. The molecule has 0 aliphatic heterocycles. The number of amides is 1. The van der Waals surface area contributed by atoms with Crippen LogP contribution in [0.1, 0.15) is 32.9 Å². The lowest BCUT2D eigenvalue weighted by atomic mass is 10.1. The molecule has 2 aromatic carbocycles. The Labute approximate surface area is 176 Å². The van der Waals surface area contributed by atoms with E-state index in [9.17, 15) is 18.0 Å². The third kappa shape index (κ3) is 4.14. The lowest BCUT2D eigenvalue weighted by Crippen LogP contribution is -2.16. The number of carbonyl (C=O) groups excluding carboxylic acids is 1. The van der Waals surface area contributed by atoms with Crippen molar-refractivity contribution in [2.75, 3.05) is 5.32 Å². The minimum absolute atomic E-state index is 0.0588. The predicted octanol–water partition coefficient (Wildman–Crippen LogP) is 5.59. The zero-order chi connectivity index (χ0) is 22.3. The molecule has 0 unspecified atom stereocenters. The number of benzene rings is 2. The van der Waals surface area contributed by atoms with Crippen molar-refractivity contribution in [3.63, 3.8) is 0 Å². The molecule has 158 valence electrons. The molecule has 0 aliphatic rings. The van der Waals surface area contributed by atoms with Gasteiger partial charge in [-0.05, 0) is 44.0 Å². The smallest absolute Gasteiger partial charge is 0.320 e. The van der Waals surface area contributed by atoms with Crippen LogP contribution in [0.25, 0.3) is 16.9 Å². The van der Waals surface area contributed by atoms with Crippen LogP contribution >= 0.6 is 0 Å². The van der Waals surface area contributed by atoms with Gasteiger partial charge in [0.05, 0.1) is 5.69 Å². The average Bonchev–Trinajstić information content (AvgIpc) is 3.14. The van der Waals surface area contributed by atoms with Gasteiger partial charge in [0, 0.05) is 17.3 Å². The number of nitrogens with one attached hydrogen (secondary N) is 1. The fourth-order valence-corrected chi connectivity index (χ4v) is 3.22. The molecule has 2 heterocycles. The number of aromatic nitrogens is 3. The van der Waals surface area contributed by atoms with Crippen LogP contribution in [-0.2, 0) is 6.18 Å². The van der Waals surface area contributed by atoms with Crippen molar-refractivity contribution in [2.24, 2.45) is 0 Å². The number of anilines is 1. The maximum absolute atomic E-state index is 13.7. The minimum atomic E-state index is -4.67. The summed E-state index contributed by atoms with van der Waals surface area (Å²) in [6.07, 6.45) is -4.67. The minimum Gasteiger partial charge on any atom is -0.320 e. The van der Waals surface area contributed by atoms with Crippen molar-refractivity contribution >= 4 is 17.2 Å². The third-order valence-corrected chi connectivity index (χ3v) is 4.94. The summed E-state index contributed by atoms with van der Waals surface area (Å²) in [5.41, 5.74) is 2.82. The van der Waals surface area contributed by atoms with Crippen molar-refractivity contribution in [1.82, 2.24) is 14.6 Å². The molecular weight excluding hydrogens is 405 g/mol. The number of rotatable bonds is 3. The van der Waals surface area contributed by atoms with Gasteiger partial charge in [-0.25, -0.2) is 9.50 Å². The molecular formula is C23H19F3N4O. The van der Waals surface area contributed by atoms with Gasteiger partial charge in [-0.2, -0.15) is 18.3 Å². The molecule has 0 aliphatic carbocycles. The summed E-state index contributed by atoms with van der Waals surface area (Å²) in [5.74, 6) is -0.607. The summed E-state index contributed by atoms with van der Waals surface area (Å²) in [6.45, 7) is 5.60. The molecule has 31 heavy (non-hydrogen) atoms. The van der Waals surface area contributed by atoms with E-state index in [2.05, 4.69) is 15.4 Å². The average molecular weight is 424 g/mol. The second-order valence-corrected chi connectivity index (χ2v) is 7.46. The molecule has 0 fully saturated rings. The van der Waals surface area contributed by atoms with Crippen molar-refractivity contribution in [1.29, 1.82) is 0 Å². The first kappa shape index (κ1) is 20.6. The van der Waals surface area contributed by atoms with Crippen molar-refractivity contribution < 1.29 is 18.0 Å². The maximum atomic E-state index is 13.7. The van der Waals surface area contributed by atoms with E-state index < -0.39 is 17.8 Å². The summed E-state index contributed by atoms with van der Waals surface area (Å²) in [7, 11) is 0. The predicted molar refractivity (Wildman–Crippen MR) is 112 cm³/mol. The number of hydrogen-bond acceptors (Lipinski definition) is 3. The SMILES string of the molecule is Cc1ccc(-c2cc(C(F)(F)F)n3nc(C(=O)Nc4cc(C)ccc4C)cc3n2)cc1. The van der Waals surface area contributed by atoms with Gasteiger partial charge in [0.1, 0.15) is 0 Å². The Morgan fingerprint density at radius 2 is 1.61 bits per heavy atom. The molecule has 0 bridgehead atoms. The summed E-state index contributed by atoms with van der Waals surface area (Å²) in [6, 6.07) is 14.8. The molecule has 0 saturated carbocycles. The standard InChI is InChI=1S/C23H19F3N4O/c1-13-5-8-16(9-6-13)18-11-20(23(24,25)26)30-21(27-18)12-19(29-30)22(31)28-17-10-14(2)4-7-15(17)3/h4-12H,1-3H3,(H,28,31). The van der Waals surface area contributed by atoms with Crippen LogP contribution < -0.4 is 5.32 Å². The van der Waals surface area contributed by atoms with Crippen LogP contribution in [0.5, 0.6) is 0 Å². The highest BCUT2D eigenvalue weighted by atomic mass is 19.4. The van der Waals surface area contributed by atoms with E-state index in [1.165, 1.54) is 6.07 Å². The Kier molecular flexibility index (Phi) is 5.00. The van der Waals surface area contributed by atoms with E-state index in [4.69, 9.17) is 0 Å². The van der Waals surface area contributed by atoms with Gasteiger partial charge in [-0.15, -0.1) is 0 Å². The Hall–Kier alpha value is -3.68. The third-order valence-electron chi connectivity index (χ3n) is 4.94. The van der Waals surface area contributed by atoms with Crippen molar-refractivity contribution in [3.05, 3.63) is 82.7 Å². The highest BCUT2D eigenvalue weighted by Crippen LogP contribution is 2.32. The van der Waals surface area contributed by atoms with E-state index in [1.54, 1.807) is 30.3 Å². The van der Waals surface area contributed by atoms with Gasteiger partial charge in [0.2, 0.25) is 0 Å². The fourth-order valence-electron chi connectivity index (χ4n) is 3.22. The summed E-state index contributed by atoms with van der Waals surface area (Å²) in [5, 5.41) is 6.61. The Bertz CT molecular complexity index is 1290. The molecule has 1 amide bonds. The fraction of sp³-hybridized carbons (Fsp3) is 0.174. The molecule has 4 rings (SSSR count). The molecule has 4 aromatic rings. The van der Waals surface area contributed by atoms with Crippen LogP contribution in [0.15, 0.2) is 54.6 Å². The quantitative estimate of drug-likeness (QED) is 0.466. The number of nitrogens with zero attached hydrogens (tertiary/aromatic N) is 3. The molecule has 0 atom stereocenters. The first-order valence-electron chi connectivity index (χ1n) is 9.55. The van der Waals surface area contributed by atoms with E-state index in [0.717, 1.165) is 22.8 Å². The van der Waals surface area contributed by atoms with E-state index >= 15 is 0 Å². The van der Waals surface area contributed by atoms with Gasteiger partial charge in [0.25, 0.3) is 5.91 Å². The molecule has 1 N–H and O–H groups in total.